The Morgan fingerprint density at radius 3 is 2.40 bits per heavy atom. The predicted octanol–water partition coefficient (Wildman–Crippen LogP) is 1.08. The van der Waals surface area contributed by atoms with Gasteiger partial charge in [0.05, 0.1) is 19.8 Å². The van der Waals surface area contributed by atoms with Gasteiger partial charge in [-0.2, -0.15) is 5.26 Å². The molecule has 0 radical (unpaired) electrons. The average molecular weight is 206 g/mol. The van der Waals surface area contributed by atoms with Crippen LogP contribution in [0.25, 0.3) is 0 Å². The Kier molecular flexibility index (Phi) is 3.95. The molecule has 0 aromatic heterocycles. The molecule has 0 heterocycles. The van der Waals surface area contributed by atoms with Crippen LogP contribution in [0.15, 0.2) is 12.1 Å². The van der Waals surface area contributed by atoms with Gasteiger partial charge >= 0.3 is 0 Å². The molecule has 1 aromatic carbocycles. The predicted molar refractivity (Wildman–Crippen MR) is 57.0 cm³/mol. The van der Waals surface area contributed by atoms with Crippen LogP contribution in [-0.2, 0) is 6.42 Å². The van der Waals surface area contributed by atoms with Gasteiger partial charge in [-0.15, -0.1) is 0 Å². The molecule has 1 aromatic rings. The zero-order valence-electron chi connectivity index (χ0n) is 8.91. The van der Waals surface area contributed by atoms with Crippen LogP contribution >= 0.6 is 0 Å². The van der Waals surface area contributed by atoms with E-state index >= 15 is 0 Å². The molecule has 0 saturated carbocycles. The Labute approximate surface area is 89.2 Å². The molecule has 0 bridgehead atoms. The van der Waals surface area contributed by atoms with E-state index in [0.717, 1.165) is 5.56 Å². The summed E-state index contributed by atoms with van der Waals surface area (Å²) in [5.41, 5.74) is 6.91. The number of nitrogens with two attached hydrogens (primary N) is 1. The third-order valence-electron chi connectivity index (χ3n) is 2.14. The van der Waals surface area contributed by atoms with Crippen LogP contribution in [0.4, 0.5) is 0 Å². The van der Waals surface area contributed by atoms with Crippen LogP contribution in [0, 0.1) is 11.3 Å². The van der Waals surface area contributed by atoms with Gasteiger partial charge in [-0.05, 0) is 24.6 Å². The highest BCUT2D eigenvalue weighted by atomic mass is 16.5. The van der Waals surface area contributed by atoms with E-state index in [1.165, 1.54) is 7.11 Å². The summed E-state index contributed by atoms with van der Waals surface area (Å²) in [6, 6.07) is 5.52. The molecule has 0 unspecified atom stereocenters. The first-order chi connectivity index (χ1) is 7.26. The molecule has 0 amide bonds. The Balaban J connectivity index is 3.22. The molecule has 0 aliphatic carbocycles. The maximum atomic E-state index is 8.88. The fourth-order valence-corrected chi connectivity index (χ4v) is 1.40. The second-order valence-corrected chi connectivity index (χ2v) is 3.01. The summed E-state index contributed by atoms with van der Waals surface area (Å²) in [6.07, 6.45) is 0.700. The maximum absolute atomic E-state index is 8.88. The van der Waals surface area contributed by atoms with Gasteiger partial charge in [-0.25, -0.2) is 0 Å². The number of hydrogen-bond donors (Lipinski definition) is 1. The Morgan fingerprint density at radius 1 is 1.27 bits per heavy atom. The quantitative estimate of drug-likeness (QED) is 0.800. The van der Waals surface area contributed by atoms with Crippen molar-refractivity contribution in [2.24, 2.45) is 5.73 Å². The molecule has 80 valence electrons. The Hall–Kier alpha value is -1.73. The lowest BCUT2D eigenvalue weighted by atomic mass is 10.1. The van der Waals surface area contributed by atoms with Crippen molar-refractivity contribution < 1.29 is 9.47 Å². The molecule has 0 aliphatic heterocycles. The monoisotopic (exact) mass is 206 g/mol. The number of hydrogen-bond acceptors (Lipinski definition) is 4. The Morgan fingerprint density at radius 2 is 1.93 bits per heavy atom. The van der Waals surface area contributed by atoms with Gasteiger partial charge in [0.1, 0.15) is 17.6 Å². The number of rotatable bonds is 4. The average Bonchev–Trinajstić information content (AvgIpc) is 2.28. The van der Waals surface area contributed by atoms with Crippen molar-refractivity contribution in [1.29, 1.82) is 5.26 Å². The van der Waals surface area contributed by atoms with Crippen molar-refractivity contribution in [2.75, 3.05) is 20.8 Å². The SMILES string of the molecule is COc1cc(CCN)c(OC)cc1C#N. The molecule has 0 spiro atoms. The number of nitrogens with zero attached hydrogens (tertiary/aromatic N) is 1. The minimum atomic E-state index is 0.468. The fraction of sp³-hybridized carbons (Fsp3) is 0.364. The van der Waals surface area contributed by atoms with Crippen molar-refractivity contribution in [3.05, 3.63) is 23.3 Å². The molecular weight excluding hydrogens is 192 g/mol. The fourth-order valence-electron chi connectivity index (χ4n) is 1.40. The standard InChI is InChI=1S/C11H14N2O2/c1-14-10-6-9(7-13)11(15-2)5-8(10)3-4-12/h5-6H,3-4,12H2,1-2H3. The highest BCUT2D eigenvalue weighted by molar-refractivity contribution is 5.52. The lowest BCUT2D eigenvalue weighted by Gasteiger charge is -2.11. The third kappa shape index (κ3) is 2.39. The minimum absolute atomic E-state index is 0.468. The van der Waals surface area contributed by atoms with Gasteiger partial charge in [-0.3, -0.25) is 0 Å². The topological polar surface area (TPSA) is 68.3 Å². The lowest BCUT2D eigenvalue weighted by Crippen LogP contribution is -2.05. The van der Waals surface area contributed by atoms with E-state index in [-0.39, 0.29) is 0 Å². The molecule has 0 fully saturated rings. The van der Waals surface area contributed by atoms with Gasteiger partial charge in [0, 0.05) is 6.07 Å². The smallest absolute Gasteiger partial charge is 0.137 e. The van der Waals surface area contributed by atoms with Crippen molar-refractivity contribution >= 4 is 0 Å². The number of nitriles is 1. The normalized spacial score (nSPS) is 9.47. The van der Waals surface area contributed by atoms with E-state index in [2.05, 4.69) is 6.07 Å². The van der Waals surface area contributed by atoms with Crippen LogP contribution in [0.1, 0.15) is 11.1 Å². The molecule has 4 nitrogen and oxygen atoms in total. The van der Waals surface area contributed by atoms with Crippen molar-refractivity contribution in [1.82, 2.24) is 0 Å². The highest BCUT2D eigenvalue weighted by Gasteiger charge is 2.09. The van der Waals surface area contributed by atoms with Crippen molar-refractivity contribution in [2.45, 2.75) is 6.42 Å². The van der Waals surface area contributed by atoms with Gasteiger partial charge < -0.3 is 15.2 Å². The van der Waals surface area contributed by atoms with E-state index in [9.17, 15) is 0 Å². The molecule has 2 N–H and O–H groups in total. The molecule has 1 rings (SSSR count). The molecule has 0 saturated heterocycles. The number of ether oxygens (including phenoxy) is 2. The van der Waals surface area contributed by atoms with Gasteiger partial charge in [0.2, 0.25) is 0 Å². The summed E-state index contributed by atoms with van der Waals surface area (Å²) in [5, 5.41) is 8.88. The first-order valence-electron chi connectivity index (χ1n) is 4.61. The van der Waals surface area contributed by atoms with Gasteiger partial charge in [-0.1, -0.05) is 0 Å². The van der Waals surface area contributed by atoms with Crippen LogP contribution < -0.4 is 15.2 Å². The molecule has 15 heavy (non-hydrogen) atoms. The highest BCUT2D eigenvalue weighted by Crippen LogP contribution is 2.28. The van der Waals surface area contributed by atoms with E-state index in [0.29, 0.717) is 30.0 Å². The van der Waals surface area contributed by atoms with E-state index in [4.69, 9.17) is 20.5 Å². The molecular formula is C11H14N2O2. The van der Waals surface area contributed by atoms with E-state index < -0.39 is 0 Å². The zero-order chi connectivity index (χ0) is 11.3. The van der Waals surface area contributed by atoms with Crippen molar-refractivity contribution in [3.63, 3.8) is 0 Å². The lowest BCUT2D eigenvalue weighted by molar-refractivity contribution is 0.398. The Bertz CT molecular complexity index is 383. The summed E-state index contributed by atoms with van der Waals surface area (Å²) in [5.74, 6) is 1.24. The summed E-state index contributed by atoms with van der Waals surface area (Å²) < 4.78 is 10.3. The van der Waals surface area contributed by atoms with Crippen molar-refractivity contribution in [3.8, 4) is 17.6 Å². The van der Waals surface area contributed by atoms with E-state index in [1.54, 1.807) is 19.2 Å². The molecule has 0 atom stereocenters. The first-order valence-corrected chi connectivity index (χ1v) is 4.61. The van der Waals surface area contributed by atoms with Crippen LogP contribution in [0.2, 0.25) is 0 Å². The molecule has 0 aliphatic rings. The minimum Gasteiger partial charge on any atom is -0.496 e. The van der Waals surface area contributed by atoms with Crippen LogP contribution in [0.5, 0.6) is 11.5 Å². The number of methoxy groups -OCH3 is 2. The summed E-state index contributed by atoms with van der Waals surface area (Å²) in [4.78, 5) is 0. The number of benzene rings is 1. The van der Waals surface area contributed by atoms with E-state index in [1.807, 2.05) is 0 Å². The maximum Gasteiger partial charge on any atom is 0.137 e. The third-order valence-corrected chi connectivity index (χ3v) is 2.14. The summed E-state index contributed by atoms with van der Waals surface area (Å²) >= 11 is 0. The summed E-state index contributed by atoms with van der Waals surface area (Å²) in [6.45, 7) is 0.533. The second-order valence-electron chi connectivity index (χ2n) is 3.01. The van der Waals surface area contributed by atoms with Crippen LogP contribution in [0.3, 0.4) is 0 Å². The van der Waals surface area contributed by atoms with Crippen LogP contribution in [-0.4, -0.2) is 20.8 Å². The first kappa shape index (κ1) is 11.3. The van der Waals surface area contributed by atoms with Gasteiger partial charge in [0.15, 0.2) is 0 Å². The summed E-state index contributed by atoms with van der Waals surface area (Å²) in [7, 11) is 3.11. The second kappa shape index (κ2) is 5.23. The molecule has 4 heteroatoms. The zero-order valence-corrected chi connectivity index (χ0v) is 8.91. The largest absolute Gasteiger partial charge is 0.496 e. The van der Waals surface area contributed by atoms with Gasteiger partial charge in [0.25, 0.3) is 0 Å².